The Labute approximate surface area is 82.8 Å². The van der Waals surface area contributed by atoms with E-state index in [1.54, 1.807) is 18.3 Å². The normalized spacial score (nSPS) is 10.0. The van der Waals surface area contributed by atoms with Gasteiger partial charge in [0.1, 0.15) is 5.82 Å². The topological polar surface area (TPSA) is 24.4 Å². The molecule has 0 heterocycles. The fourth-order valence-corrected chi connectivity index (χ4v) is 0.927. The average Bonchev–Trinajstić information content (AvgIpc) is 2.21. The molecule has 0 aliphatic rings. The zero-order chi connectivity index (χ0) is 10.2. The molecule has 2 nitrogen and oxygen atoms in total. The van der Waals surface area contributed by atoms with Crippen LogP contribution in [0.1, 0.15) is 5.56 Å². The van der Waals surface area contributed by atoms with Gasteiger partial charge in [-0.25, -0.2) is 4.39 Å². The Morgan fingerprint density at radius 2 is 2.14 bits per heavy atom. The lowest BCUT2D eigenvalue weighted by Gasteiger charge is -1.95. The van der Waals surface area contributed by atoms with Gasteiger partial charge in [-0.05, 0) is 17.7 Å². The maximum atomic E-state index is 12.5. The molecule has 0 unspecified atom stereocenters. The van der Waals surface area contributed by atoms with E-state index >= 15 is 0 Å². The minimum Gasteiger partial charge on any atom is -0.298 e. The molecule has 1 aromatic carbocycles. The molecule has 1 N–H and O–H groups in total. The van der Waals surface area contributed by atoms with Crippen LogP contribution in [0, 0.1) is 18.2 Å². The molecule has 0 amide bonds. The zero-order valence-electron chi connectivity index (χ0n) is 7.70. The number of terminal acetylenes is 1. The van der Waals surface area contributed by atoms with E-state index in [4.69, 9.17) is 6.42 Å². The summed E-state index contributed by atoms with van der Waals surface area (Å²) in [6.45, 7) is 0.417. The molecule has 1 rings (SSSR count). The van der Waals surface area contributed by atoms with Crippen molar-refractivity contribution in [2.24, 2.45) is 5.10 Å². The van der Waals surface area contributed by atoms with Gasteiger partial charge in [-0.15, -0.1) is 6.42 Å². The van der Waals surface area contributed by atoms with Crippen molar-refractivity contribution < 1.29 is 4.39 Å². The van der Waals surface area contributed by atoms with Crippen LogP contribution in [0.15, 0.2) is 29.4 Å². The van der Waals surface area contributed by atoms with Crippen LogP contribution in [0.25, 0.3) is 0 Å². The number of nitrogens with zero attached hydrogens (tertiary/aromatic N) is 1. The Hall–Kier alpha value is -1.82. The highest BCUT2D eigenvalue weighted by atomic mass is 19.1. The van der Waals surface area contributed by atoms with E-state index < -0.39 is 0 Å². The van der Waals surface area contributed by atoms with Crippen LogP contribution in [0.2, 0.25) is 0 Å². The van der Waals surface area contributed by atoms with Crippen LogP contribution >= 0.6 is 0 Å². The number of hydrazone groups is 1. The van der Waals surface area contributed by atoms with E-state index in [1.165, 1.54) is 12.1 Å². The molecule has 0 aromatic heterocycles. The van der Waals surface area contributed by atoms with Gasteiger partial charge in [-0.2, -0.15) is 5.10 Å². The fraction of sp³-hybridized carbons (Fsp3) is 0.182. The number of benzene rings is 1. The molecule has 0 atom stereocenters. The van der Waals surface area contributed by atoms with Crippen LogP contribution in [-0.4, -0.2) is 12.8 Å². The van der Waals surface area contributed by atoms with E-state index in [1.807, 2.05) is 0 Å². The maximum absolute atomic E-state index is 12.5. The first-order valence-corrected chi connectivity index (χ1v) is 4.25. The van der Waals surface area contributed by atoms with Gasteiger partial charge >= 0.3 is 0 Å². The number of nitrogens with one attached hydrogen (secondary N) is 1. The average molecular weight is 190 g/mol. The zero-order valence-corrected chi connectivity index (χ0v) is 7.70. The molecule has 14 heavy (non-hydrogen) atoms. The van der Waals surface area contributed by atoms with E-state index in [-0.39, 0.29) is 5.82 Å². The van der Waals surface area contributed by atoms with Gasteiger partial charge < -0.3 is 0 Å². The molecule has 0 spiro atoms. The van der Waals surface area contributed by atoms with E-state index in [0.717, 1.165) is 5.56 Å². The van der Waals surface area contributed by atoms with E-state index in [0.29, 0.717) is 13.0 Å². The third-order valence-electron chi connectivity index (χ3n) is 1.60. The van der Waals surface area contributed by atoms with Gasteiger partial charge in [-0.3, -0.25) is 5.43 Å². The lowest BCUT2D eigenvalue weighted by atomic mass is 10.2. The Bertz CT molecular complexity index is 335. The summed E-state index contributed by atoms with van der Waals surface area (Å²) in [5, 5.41) is 3.87. The first-order chi connectivity index (χ1) is 6.83. The second-order valence-electron chi connectivity index (χ2n) is 2.68. The first kappa shape index (κ1) is 10.3. The highest BCUT2D eigenvalue weighted by Gasteiger charge is 1.90. The van der Waals surface area contributed by atoms with Crippen molar-refractivity contribution in [3.8, 4) is 12.3 Å². The maximum Gasteiger partial charge on any atom is 0.123 e. The Morgan fingerprint density at radius 1 is 1.43 bits per heavy atom. The molecular formula is C11H11FN2. The van der Waals surface area contributed by atoms with Crippen molar-refractivity contribution in [1.82, 2.24) is 5.43 Å². The summed E-state index contributed by atoms with van der Waals surface area (Å²) in [5.74, 6) is 2.17. The van der Waals surface area contributed by atoms with Crippen LogP contribution in [0.3, 0.4) is 0 Å². The van der Waals surface area contributed by atoms with Crippen molar-refractivity contribution in [2.75, 3.05) is 6.54 Å². The molecule has 72 valence electrons. The minimum atomic E-state index is -0.226. The molecule has 3 heteroatoms. The summed E-state index contributed by atoms with van der Waals surface area (Å²) in [7, 11) is 0. The van der Waals surface area contributed by atoms with Gasteiger partial charge in [0.15, 0.2) is 0 Å². The molecule has 0 fully saturated rings. The molecule has 1 aromatic rings. The van der Waals surface area contributed by atoms with Gasteiger partial charge in [0.2, 0.25) is 0 Å². The van der Waals surface area contributed by atoms with Crippen molar-refractivity contribution in [3.05, 3.63) is 35.6 Å². The number of halogens is 1. The summed E-state index contributed by atoms with van der Waals surface area (Å²) in [5.41, 5.74) is 3.69. The molecule has 0 radical (unpaired) electrons. The third kappa shape index (κ3) is 3.72. The van der Waals surface area contributed by atoms with Gasteiger partial charge in [0.25, 0.3) is 0 Å². The second-order valence-corrected chi connectivity index (χ2v) is 2.68. The fourth-order valence-electron chi connectivity index (χ4n) is 0.927. The summed E-state index contributed by atoms with van der Waals surface area (Å²) in [6, 6.07) is 6.31. The standard InChI is InChI=1S/C11H11FN2/c1-2-8-13-14-9-7-10-3-5-11(12)6-4-10/h1,3-6,9,13H,7-8H2/b14-9+. The highest BCUT2D eigenvalue weighted by Crippen LogP contribution is 2.01. The van der Waals surface area contributed by atoms with Gasteiger partial charge in [-0.1, -0.05) is 18.1 Å². The lowest BCUT2D eigenvalue weighted by molar-refractivity contribution is 0.627. The molecule has 0 saturated carbocycles. The first-order valence-electron chi connectivity index (χ1n) is 4.25. The lowest BCUT2D eigenvalue weighted by Crippen LogP contribution is -2.05. The largest absolute Gasteiger partial charge is 0.298 e. The summed E-state index contributed by atoms with van der Waals surface area (Å²) < 4.78 is 12.5. The molecule has 0 aliphatic heterocycles. The number of hydrogen-bond acceptors (Lipinski definition) is 2. The van der Waals surface area contributed by atoms with Gasteiger partial charge in [0.05, 0.1) is 6.54 Å². The monoisotopic (exact) mass is 190 g/mol. The molecule has 0 bridgehead atoms. The second kappa shape index (κ2) is 5.76. The summed E-state index contributed by atoms with van der Waals surface area (Å²) in [6.07, 6.45) is 7.37. The summed E-state index contributed by atoms with van der Waals surface area (Å²) in [4.78, 5) is 0. The minimum absolute atomic E-state index is 0.226. The van der Waals surface area contributed by atoms with Crippen LogP contribution in [0.4, 0.5) is 4.39 Å². The quantitative estimate of drug-likeness (QED) is 0.331. The number of hydrogen-bond donors (Lipinski definition) is 1. The van der Waals surface area contributed by atoms with Gasteiger partial charge in [0, 0.05) is 12.6 Å². The van der Waals surface area contributed by atoms with Crippen LogP contribution in [-0.2, 0) is 6.42 Å². The molecular weight excluding hydrogens is 179 g/mol. The van der Waals surface area contributed by atoms with Crippen molar-refractivity contribution in [3.63, 3.8) is 0 Å². The van der Waals surface area contributed by atoms with Crippen LogP contribution in [0.5, 0.6) is 0 Å². The van der Waals surface area contributed by atoms with E-state index in [9.17, 15) is 4.39 Å². The van der Waals surface area contributed by atoms with Crippen molar-refractivity contribution in [1.29, 1.82) is 0 Å². The Morgan fingerprint density at radius 3 is 2.79 bits per heavy atom. The predicted octanol–water partition coefficient (Wildman–Crippen LogP) is 1.58. The Kier molecular flexibility index (Phi) is 4.22. The molecule has 0 saturated heterocycles. The molecule has 0 aliphatic carbocycles. The van der Waals surface area contributed by atoms with Crippen molar-refractivity contribution >= 4 is 6.21 Å². The highest BCUT2D eigenvalue weighted by molar-refractivity contribution is 5.61. The smallest absolute Gasteiger partial charge is 0.123 e. The third-order valence-corrected chi connectivity index (χ3v) is 1.60. The predicted molar refractivity (Wildman–Crippen MR) is 55.4 cm³/mol. The van der Waals surface area contributed by atoms with Crippen molar-refractivity contribution in [2.45, 2.75) is 6.42 Å². The Balaban J connectivity index is 2.35. The van der Waals surface area contributed by atoms with E-state index in [2.05, 4.69) is 16.4 Å². The summed E-state index contributed by atoms with van der Waals surface area (Å²) >= 11 is 0. The SMILES string of the molecule is C#CCN/N=C/Cc1ccc(F)cc1. The van der Waals surface area contributed by atoms with Crippen LogP contribution < -0.4 is 5.43 Å². The number of rotatable bonds is 4.